The van der Waals surface area contributed by atoms with Crippen LogP contribution in [0.15, 0.2) is 6.07 Å². The Hall–Kier alpha value is -2.30. The minimum Gasteiger partial charge on any atom is -0.495 e. The van der Waals surface area contributed by atoms with Crippen molar-refractivity contribution < 1.29 is 18.4 Å². The van der Waals surface area contributed by atoms with E-state index in [1.807, 2.05) is 0 Å². The lowest BCUT2D eigenvalue weighted by molar-refractivity contribution is -0.386. The van der Waals surface area contributed by atoms with Crippen LogP contribution in [0.5, 0.6) is 5.75 Å². The number of pyridine rings is 1. The third-order valence-electron chi connectivity index (χ3n) is 1.94. The second kappa shape index (κ2) is 5.16. The van der Waals surface area contributed by atoms with Crippen molar-refractivity contribution in [2.24, 2.45) is 0 Å². The van der Waals surface area contributed by atoms with Crippen molar-refractivity contribution >= 4 is 5.69 Å². The summed E-state index contributed by atoms with van der Waals surface area (Å²) < 4.78 is 29.9. The Morgan fingerprint density at radius 3 is 2.76 bits per heavy atom. The van der Waals surface area contributed by atoms with Crippen molar-refractivity contribution in [3.63, 3.8) is 0 Å². The predicted molar refractivity (Wildman–Crippen MR) is 51.7 cm³/mol. The first-order valence-electron chi connectivity index (χ1n) is 4.38. The fourth-order valence-corrected chi connectivity index (χ4v) is 1.22. The zero-order valence-electron chi connectivity index (χ0n) is 8.68. The van der Waals surface area contributed by atoms with Crippen LogP contribution < -0.4 is 4.74 Å². The number of ether oxygens (including phenoxy) is 1. The van der Waals surface area contributed by atoms with E-state index in [0.717, 1.165) is 6.07 Å². The molecule has 0 aromatic carbocycles. The predicted octanol–water partition coefficient (Wildman–Crippen LogP) is 2.00. The van der Waals surface area contributed by atoms with Crippen molar-refractivity contribution in [1.82, 2.24) is 4.98 Å². The fraction of sp³-hybridized carbons (Fsp3) is 0.333. The van der Waals surface area contributed by atoms with E-state index in [0.29, 0.717) is 0 Å². The lowest BCUT2D eigenvalue weighted by Gasteiger charge is -2.07. The number of alkyl halides is 2. The van der Waals surface area contributed by atoms with Crippen LogP contribution in [0.2, 0.25) is 0 Å². The first-order valence-corrected chi connectivity index (χ1v) is 4.38. The number of nitro groups is 1. The van der Waals surface area contributed by atoms with Crippen molar-refractivity contribution in [2.45, 2.75) is 12.8 Å². The summed E-state index contributed by atoms with van der Waals surface area (Å²) in [4.78, 5) is 13.0. The highest BCUT2D eigenvalue weighted by Crippen LogP contribution is 2.32. The maximum absolute atomic E-state index is 12.6. The number of hydrogen-bond donors (Lipinski definition) is 0. The monoisotopic (exact) mass is 243 g/mol. The third-order valence-corrected chi connectivity index (χ3v) is 1.94. The van der Waals surface area contributed by atoms with Gasteiger partial charge in [0.05, 0.1) is 36.3 Å². The Labute approximate surface area is 94.6 Å². The van der Waals surface area contributed by atoms with Gasteiger partial charge in [0.1, 0.15) is 5.75 Å². The molecule has 0 saturated carbocycles. The SMILES string of the molecule is COc1cc([N+](=O)[O-])c(C(F)F)nc1CC#N. The van der Waals surface area contributed by atoms with Gasteiger partial charge >= 0.3 is 0 Å². The molecule has 0 amide bonds. The van der Waals surface area contributed by atoms with Gasteiger partial charge in [-0.3, -0.25) is 10.1 Å². The van der Waals surface area contributed by atoms with Crippen molar-refractivity contribution in [3.8, 4) is 11.8 Å². The first-order chi connectivity index (χ1) is 8.01. The van der Waals surface area contributed by atoms with Crippen LogP contribution in [0, 0.1) is 21.4 Å². The average Bonchev–Trinajstić information content (AvgIpc) is 2.28. The van der Waals surface area contributed by atoms with Gasteiger partial charge in [0.25, 0.3) is 12.1 Å². The summed E-state index contributed by atoms with van der Waals surface area (Å²) >= 11 is 0. The summed E-state index contributed by atoms with van der Waals surface area (Å²) in [5.74, 6) is -0.0531. The molecular weight excluding hydrogens is 236 g/mol. The lowest BCUT2D eigenvalue weighted by Crippen LogP contribution is -2.04. The third kappa shape index (κ3) is 2.63. The zero-order chi connectivity index (χ0) is 13.0. The van der Waals surface area contributed by atoms with Crippen molar-refractivity contribution in [2.75, 3.05) is 7.11 Å². The van der Waals surface area contributed by atoms with Gasteiger partial charge in [0, 0.05) is 0 Å². The van der Waals surface area contributed by atoms with Crippen LogP contribution in [0.4, 0.5) is 14.5 Å². The zero-order valence-corrected chi connectivity index (χ0v) is 8.68. The number of rotatable bonds is 4. The van der Waals surface area contributed by atoms with Gasteiger partial charge in [-0.1, -0.05) is 0 Å². The van der Waals surface area contributed by atoms with Crippen molar-refractivity contribution in [3.05, 3.63) is 27.6 Å². The van der Waals surface area contributed by atoms with Crippen LogP contribution in [-0.4, -0.2) is 17.0 Å². The molecule has 0 atom stereocenters. The first kappa shape index (κ1) is 12.8. The van der Waals surface area contributed by atoms with E-state index in [1.165, 1.54) is 7.11 Å². The quantitative estimate of drug-likeness (QED) is 0.596. The highest BCUT2D eigenvalue weighted by atomic mass is 19.3. The molecule has 6 nitrogen and oxygen atoms in total. The van der Waals surface area contributed by atoms with Gasteiger partial charge in [-0.05, 0) is 0 Å². The molecule has 0 fully saturated rings. The summed E-state index contributed by atoms with van der Waals surface area (Å²) in [6.45, 7) is 0. The Morgan fingerprint density at radius 2 is 2.35 bits per heavy atom. The molecule has 0 unspecified atom stereocenters. The van der Waals surface area contributed by atoms with E-state index < -0.39 is 22.7 Å². The summed E-state index contributed by atoms with van der Waals surface area (Å²) in [5.41, 5.74) is -1.82. The lowest BCUT2D eigenvalue weighted by atomic mass is 10.2. The highest BCUT2D eigenvalue weighted by Gasteiger charge is 2.26. The number of nitriles is 1. The molecule has 1 rings (SSSR count). The summed E-state index contributed by atoms with van der Waals surface area (Å²) in [6.07, 6.45) is -3.35. The standard InChI is InChI=1S/C9H7F2N3O3/c1-17-7-4-6(14(15)16)8(9(10)11)13-5(7)2-3-12/h4,9H,2H2,1H3. The molecule has 1 aromatic heterocycles. The molecule has 0 radical (unpaired) electrons. The van der Waals surface area contributed by atoms with Crippen molar-refractivity contribution in [1.29, 1.82) is 5.26 Å². The van der Waals surface area contributed by atoms with E-state index in [9.17, 15) is 18.9 Å². The molecule has 0 aliphatic carbocycles. The van der Waals surface area contributed by atoms with Gasteiger partial charge < -0.3 is 4.74 Å². The van der Waals surface area contributed by atoms with E-state index in [2.05, 4.69) is 4.98 Å². The Balaban J connectivity index is 3.43. The van der Waals surface area contributed by atoms with Gasteiger partial charge in [0.2, 0.25) is 0 Å². The maximum atomic E-state index is 12.6. The maximum Gasteiger partial charge on any atom is 0.300 e. The number of aromatic nitrogens is 1. The van der Waals surface area contributed by atoms with Gasteiger partial charge in [0.15, 0.2) is 5.69 Å². The molecule has 8 heteroatoms. The molecule has 90 valence electrons. The second-order valence-electron chi connectivity index (χ2n) is 2.93. The molecule has 0 bridgehead atoms. The number of hydrogen-bond acceptors (Lipinski definition) is 5. The molecule has 1 aromatic rings. The second-order valence-corrected chi connectivity index (χ2v) is 2.93. The van der Waals surface area contributed by atoms with E-state index in [-0.39, 0.29) is 17.9 Å². The van der Waals surface area contributed by atoms with Crippen LogP contribution in [0.1, 0.15) is 17.8 Å². The Bertz CT molecular complexity index is 485. The number of methoxy groups -OCH3 is 1. The molecule has 0 aliphatic rings. The summed E-state index contributed by atoms with van der Waals surface area (Å²) in [7, 11) is 1.21. The molecule has 0 N–H and O–H groups in total. The smallest absolute Gasteiger partial charge is 0.300 e. The highest BCUT2D eigenvalue weighted by molar-refractivity contribution is 5.46. The average molecular weight is 243 g/mol. The van der Waals surface area contributed by atoms with Crippen LogP contribution in [0.3, 0.4) is 0 Å². The normalized spacial score (nSPS) is 10.1. The number of halogens is 2. The largest absolute Gasteiger partial charge is 0.495 e. The molecule has 0 spiro atoms. The van der Waals surface area contributed by atoms with E-state index >= 15 is 0 Å². The Kier molecular flexibility index (Phi) is 3.87. The van der Waals surface area contributed by atoms with E-state index in [4.69, 9.17) is 10.00 Å². The fourth-order valence-electron chi connectivity index (χ4n) is 1.22. The van der Waals surface area contributed by atoms with Crippen LogP contribution >= 0.6 is 0 Å². The van der Waals surface area contributed by atoms with Gasteiger partial charge in [-0.2, -0.15) is 5.26 Å². The molecular formula is C9H7F2N3O3. The van der Waals surface area contributed by atoms with E-state index in [1.54, 1.807) is 6.07 Å². The molecule has 17 heavy (non-hydrogen) atoms. The minimum absolute atomic E-state index is 0.0455. The molecule has 0 aliphatic heterocycles. The Morgan fingerprint density at radius 1 is 1.71 bits per heavy atom. The minimum atomic E-state index is -3.08. The number of nitrogens with zero attached hydrogens (tertiary/aromatic N) is 3. The summed E-state index contributed by atoms with van der Waals surface area (Å²) in [5, 5.41) is 19.1. The topological polar surface area (TPSA) is 89.1 Å². The molecule has 1 heterocycles. The van der Waals surface area contributed by atoms with Gasteiger partial charge in [-0.25, -0.2) is 13.8 Å². The van der Waals surface area contributed by atoms with Crippen LogP contribution in [-0.2, 0) is 6.42 Å². The van der Waals surface area contributed by atoms with Gasteiger partial charge in [-0.15, -0.1) is 0 Å². The summed E-state index contributed by atoms with van der Waals surface area (Å²) in [6, 6.07) is 2.56. The molecule has 0 saturated heterocycles. The van der Waals surface area contributed by atoms with Crippen LogP contribution in [0.25, 0.3) is 0 Å².